The minimum atomic E-state index is 0. The molecule has 2 aromatic heterocycles. The van der Waals surface area contributed by atoms with Crippen molar-refractivity contribution in [1.82, 2.24) is 20.5 Å². The molecule has 1 saturated heterocycles. The number of piperidine rings is 1. The SMILES string of the molecule is CCC1CCCCN1CCNC(=NC)NCc1coc(-c2cccs2)n1.I. The van der Waals surface area contributed by atoms with Crippen molar-refractivity contribution in [3.63, 3.8) is 0 Å². The minimum Gasteiger partial charge on any atom is -0.443 e. The first-order valence-corrected chi connectivity index (χ1v) is 10.3. The third-order valence-corrected chi connectivity index (χ3v) is 5.71. The van der Waals surface area contributed by atoms with Gasteiger partial charge in [-0.2, -0.15) is 0 Å². The Hall–Kier alpha value is -1.13. The summed E-state index contributed by atoms with van der Waals surface area (Å²) in [4.78, 5) is 12.5. The van der Waals surface area contributed by atoms with Crippen molar-refractivity contribution in [3.8, 4) is 10.8 Å². The first kappa shape index (κ1) is 22.2. The predicted octanol–water partition coefficient (Wildman–Crippen LogP) is 3.95. The normalized spacial score (nSPS) is 18.1. The largest absolute Gasteiger partial charge is 0.443 e. The molecule has 0 bridgehead atoms. The van der Waals surface area contributed by atoms with E-state index in [2.05, 4.69) is 32.4 Å². The third kappa shape index (κ3) is 6.46. The number of aliphatic imine (C=N–C) groups is 1. The molecule has 2 aromatic rings. The van der Waals surface area contributed by atoms with E-state index in [-0.39, 0.29) is 24.0 Å². The zero-order valence-corrected chi connectivity index (χ0v) is 19.3. The van der Waals surface area contributed by atoms with E-state index in [1.165, 1.54) is 32.2 Å². The second kappa shape index (κ2) is 11.7. The van der Waals surface area contributed by atoms with Gasteiger partial charge in [-0.25, -0.2) is 4.98 Å². The van der Waals surface area contributed by atoms with Crippen LogP contribution in [0.4, 0.5) is 0 Å². The average molecular weight is 503 g/mol. The molecule has 150 valence electrons. The number of hydrogen-bond acceptors (Lipinski definition) is 5. The fourth-order valence-electron chi connectivity index (χ4n) is 3.43. The maximum absolute atomic E-state index is 5.55. The second-order valence-corrected chi connectivity index (χ2v) is 7.52. The summed E-state index contributed by atoms with van der Waals surface area (Å²) < 4.78 is 5.55. The first-order chi connectivity index (χ1) is 12.8. The standard InChI is InChI=1S/C19H29N5OS.HI/c1-3-16-7-4-5-10-24(16)11-9-21-19(20-2)22-13-15-14-25-18(23-15)17-8-6-12-26-17;/h6,8,12,14,16H,3-5,7,9-11,13H2,1-2H3,(H2,20,21,22);1H. The molecule has 3 rings (SSSR count). The zero-order chi connectivity index (χ0) is 18.2. The molecule has 0 saturated carbocycles. The van der Waals surface area contributed by atoms with E-state index in [4.69, 9.17) is 4.42 Å². The van der Waals surface area contributed by atoms with Gasteiger partial charge in [0.05, 0.1) is 17.1 Å². The van der Waals surface area contributed by atoms with Gasteiger partial charge in [-0.1, -0.05) is 19.4 Å². The number of oxazole rings is 1. The maximum atomic E-state index is 5.55. The highest BCUT2D eigenvalue weighted by atomic mass is 127. The number of likely N-dealkylation sites (tertiary alicyclic amines) is 1. The van der Waals surface area contributed by atoms with Gasteiger partial charge < -0.3 is 15.1 Å². The molecular weight excluding hydrogens is 473 g/mol. The number of rotatable bonds is 7. The minimum absolute atomic E-state index is 0. The van der Waals surface area contributed by atoms with Gasteiger partial charge in [0, 0.05) is 26.2 Å². The number of hydrogen-bond donors (Lipinski definition) is 2. The van der Waals surface area contributed by atoms with Crippen LogP contribution in [-0.2, 0) is 6.54 Å². The summed E-state index contributed by atoms with van der Waals surface area (Å²) >= 11 is 1.63. The summed E-state index contributed by atoms with van der Waals surface area (Å²) in [5.41, 5.74) is 0.874. The number of aromatic nitrogens is 1. The Morgan fingerprint density at radius 2 is 2.30 bits per heavy atom. The molecule has 2 N–H and O–H groups in total. The van der Waals surface area contributed by atoms with E-state index < -0.39 is 0 Å². The Bertz CT molecular complexity index is 688. The van der Waals surface area contributed by atoms with Crippen molar-refractivity contribution in [3.05, 3.63) is 29.5 Å². The molecule has 1 atom stereocenters. The van der Waals surface area contributed by atoms with E-state index in [9.17, 15) is 0 Å². The molecule has 0 aromatic carbocycles. The molecule has 6 nitrogen and oxygen atoms in total. The summed E-state index contributed by atoms with van der Waals surface area (Å²) in [6.07, 6.45) is 6.97. The Morgan fingerprint density at radius 1 is 1.41 bits per heavy atom. The van der Waals surface area contributed by atoms with Crippen LogP contribution in [0.1, 0.15) is 38.3 Å². The monoisotopic (exact) mass is 503 g/mol. The lowest BCUT2D eigenvalue weighted by Gasteiger charge is -2.35. The molecule has 1 aliphatic rings. The summed E-state index contributed by atoms with van der Waals surface area (Å²) in [5.74, 6) is 1.48. The van der Waals surface area contributed by atoms with E-state index in [1.807, 2.05) is 17.5 Å². The van der Waals surface area contributed by atoms with Crippen LogP contribution >= 0.6 is 35.3 Å². The van der Waals surface area contributed by atoms with Crippen LogP contribution in [0.2, 0.25) is 0 Å². The predicted molar refractivity (Wildman–Crippen MR) is 123 cm³/mol. The molecule has 0 radical (unpaired) electrons. The molecule has 1 fully saturated rings. The van der Waals surface area contributed by atoms with Gasteiger partial charge in [0.25, 0.3) is 0 Å². The number of nitrogens with one attached hydrogen (secondary N) is 2. The first-order valence-electron chi connectivity index (χ1n) is 9.47. The number of nitrogens with zero attached hydrogens (tertiary/aromatic N) is 3. The van der Waals surface area contributed by atoms with E-state index >= 15 is 0 Å². The van der Waals surface area contributed by atoms with Crippen LogP contribution in [0, 0.1) is 0 Å². The third-order valence-electron chi connectivity index (χ3n) is 4.86. The van der Waals surface area contributed by atoms with Gasteiger partial charge in [-0.15, -0.1) is 35.3 Å². The number of halogens is 1. The topological polar surface area (TPSA) is 65.7 Å². The summed E-state index contributed by atoms with van der Waals surface area (Å²) in [6, 6.07) is 4.75. The highest BCUT2D eigenvalue weighted by Crippen LogP contribution is 2.23. The Kier molecular flexibility index (Phi) is 9.57. The Morgan fingerprint density at radius 3 is 3.04 bits per heavy atom. The average Bonchev–Trinajstić information content (AvgIpc) is 3.36. The summed E-state index contributed by atoms with van der Waals surface area (Å²) in [5, 5.41) is 8.74. The molecule has 0 amide bonds. The number of thiophene rings is 1. The lowest BCUT2D eigenvalue weighted by Crippen LogP contribution is -2.45. The van der Waals surface area contributed by atoms with E-state index in [0.29, 0.717) is 12.4 Å². The summed E-state index contributed by atoms with van der Waals surface area (Å²) in [7, 11) is 1.80. The summed E-state index contributed by atoms with van der Waals surface area (Å²) in [6.45, 7) is 6.06. The van der Waals surface area contributed by atoms with Crippen LogP contribution in [0.5, 0.6) is 0 Å². The van der Waals surface area contributed by atoms with Gasteiger partial charge >= 0.3 is 0 Å². The lowest BCUT2D eigenvalue weighted by atomic mass is 10.0. The van der Waals surface area contributed by atoms with Crippen molar-refractivity contribution in [2.45, 2.75) is 45.2 Å². The van der Waals surface area contributed by atoms with Crippen molar-refractivity contribution in [1.29, 1.82) is 0 Å². The second-order valence-electron chi connectivity index (χ2n) is 6.57. The smallest absolute Gasteiger partial charge is 0.236 e. The van der Waals surface area contributed by atoms with E-state index in [0.717, 1.165) is 35.7 Å². The Labute approximate surface area is 182 Å². The van der Waals surface area contributed by atoms with Crippen molar-refractivity contribution >= 4 is 41.3 Å². The van der Waals surface area contributed by atoms with Crippen LogP contribution < -0.4 is 10.6 Å². The molecular formula is C19H30IN5OS. The number of guanidine groups is 1. The van der Waals surface area contributed by atoms with Gasteiger partial charge in [0.2, 0.25) is 5.89 Å². The molecule has 0 aliphatic carbocycles. The van der Waals surface area contributed by atoms with Crippen molar-refractivity contribution in [2.75, 3.05) is 26.7 Å². The fraction of sp³-hybridized carbons (Fsp3) is 0.579. The molecule has 1 aliphatic heterocycles. The molecule has 1 unspecified atom stereocenters. The van der Waals surface area contributed by atoms with Crippen molar-refractivity contribution < 1.29 is 4.42 Å². The van der Waals surface area contributed by atoms with E-state index in [1.54, 1.807) is 24.6 Å². The maximum Gasteiger partial charge on any atom is 0.236 e. The molecule has 8 heteroatoms. The van der Waals surface area contributed by atoms with Gasteiger partial charge in [0.15, 0.2) is 5.96 Å². The highest BCUT2D eigenvalue weighted by Gasteiger charge is 2.20. The quantitative estimate of drug-likeness (QED) is 0.341. The molecule has 0 spiro atoms. The van der Waals surface area contributed by atoms with Crippen LogP contribution in [0.25, 0.3) is 10.8 Å². The van der Waals surface area contributed by atoms with Crippen LogP contribution in [0.15, 0.2) is 33.2 Å². The van der Waals surface area contributed by atoms with Crippen molar-refractivity contribution in [2.24, 2.45) is 4.99 Å². The fourth-order valence-corrected chi connectivity index (χ4v) is 4.09. The molecule has 3 heterocycles. The van der Waals surface area contributed by atoms with Crippen LogP contribution in [0.3, 0.4) is 0 Å². The van der Waals surface area contributed by atoms with Gasteiger partial charge in [0.1, 0.15) is 6.26 Å². The molecule has 27 heavy (non-hydrogen) atoms. The zero-order valence-electron chi connectivity index (χ0n) is 16.1. The van der Waals surface area contributed by atoms with Gasteiger partial charge in [-0.3, -0.25) is 9.89 Å². The highest BCUT2D eigenvalue weighted by molar-refractivity contribution is 14.0. The van der Waals surface area contributed by atoms with Gasteiger partial charge in [-0.05, 0) is 37.3 Å². The van der Waals surface area contributed by atoms with Crippen LogP contribution in [-0.4, -0.2) is 48.6 Å². The Balaban J connectivity index is 0.00000261. The lowest BCUT2D eigenvalue weighted by molar-refractivity contribution is 0.147.